The zero-order valence-corrected chi connectivity index (χ0v) is 14.3. The van der Waals surface area contributed by atoms with E-state index in [1.165, 1.54) is 64.7 Å². The normalized spacial score (nSPS) is 19.3. The summed E-state index contributed by atoms with van der Waals surface area (Å²) in [5.74, 6) is 0. The minimum absolute atomic E-state index is 1.20. The van der Waals surface area contributed by atoms with Crippen LogP contribution in [-0.2, 0) is 38.5 Å². The van der Waals surface area contributed by atoms with E-state index in [0.717, 1.165) is 0 Å². The van der Waals surface area contributed by atoms with Crippen LogP contribution in [0.25, 0.3) is 0 Å². The third-order valence-corrected chi connectivity index (χ3v) is 6.21. The first-order valence-electron chi connectivity index (χ1n) is 9.64. The minimum Gasteiger partial charge on any atom is -0.368 e. The molecule has 2 aromatic carbocycles. The molecule has 24 heavy (non-hydrogen) atoms. The monoisotopic (exact) mass is 316 g/mol. The second kappa shape index (κ2) is 4.78. The molecule has 2 saturated heterocycles. The number of benzene rings is 2. The van der Waals surface area contributed by atoms with Crippen molar-refractivity contribution in [2.45, 2.75) is 38.5 Å². The van der Waals surface area contributed by atoms with E-state index in [1.807, 2.05) is 0 Å². The number of rotatable bonds is 5. The van der Waals surface area contributed by atoms with E-state index in [9.17, 15) is 0 Å². The molecule has 2 heterocycles. The van der Waals surface area contributed by atoms with Crippen molar-refractivity contribution in [3.05, 3.63) is 57.6 Å². The topological polar surface area (TPSA) is 6.02 Å². The maximum Gasteiger partial charge on any atom is 0.0432 e. The van der Waals surface area contributed by atoms with Crippen LogP contribution in [0.2, 0.25) is 0 Å². The fraction of sp³-hybridized carbons (Fsp3) is 0.455. The van der Waals surface area contributed by atoms with Gasteiger partial charge in [0.1, 0.15) is 0 Å². The van der Waals surface area contributed by atoms with E-state index >= 15 is 0 Å². The van der Waals surface area contributed by atoms with Gasteiger partial charge in [-0.25, -0.2) is 0 Å². The maximum absolute atomic E-state index is 2.54. The Morgan fingerprint density at radius 2 is 0.875 bits per heavy atom. The molecule has 2 heteroatoms. The van der Waals surface area contributed by atoms with Crippen molar-refractivity contribution in [2.24, 2.45) is 0 Å². The summed E-state index contributed by atoms with van der Waals surface area (Å²) in [6.45, 7) is 5.09. The van der Waals surface area contributed by atoms with E-state index in [1.54, 1.807) is 44.8 Å². The molecule has 0 saturated carbocycles. The summed E-state index contributed by atoms with van der Waals surface area (Å²) < 4.78 is 0. The zero-order chi connectivity index (χ0) is 15.7. The van der Waals surface area contributed by atoms with Gasteiger partial charge in [-0.1, -0.05) is 24.3 Å². The molecule has 2 aliphatic carbocycles. The number of anilines is 2. The van der Waals surface area contributed by atoms with Gasteiger partial charge in [-0.15, -0.1) is 0 Å². The predicted octanol–water partition coefficient (Wildman–Crippen LogP) is 3.31. The van der Waals surface area contributed by atoms with Crippen LogP contribution in [0, 0.1) is 0 Å². The minimum atomic E-state index is 1.20. The molecule has 4 bridgehead atoms. The summed E-state index contributed by atoms with van der Waals surface area (Å²) in [5, 5.41) is 0. The number of hydrogen-bond acceptors (Lipinski definition) is 2. The van der Waals surface area contributed by atoms with Gasteiger partial charge >= 0.3 is 0 Å². The Bertz CT molecular complexity index is 722. The smallest absolute Gasteiger partial charge is 0.0432 e. The Hall–Kier alpha value is -1.96. The Kier molecular flexibility index (Phi) is 2.66. The molecule has 122 valence electrons. The first-order chi connectivity index (χ1) is 11.8. The van der Waals surface area contributed by atoms with Gasteiger partial charge in [0, 0.05) is 37.6 Å². The van der Waals surface area contributed by atoms with Crippen LogP contribution < -0.4 is 9.80 Å². The lowest BCUT2D eigenvalue weighted by Gasteiger charge is -2.12. The average Bonchev–Trinajstić information content (AvgIpc) is 3.51. The van der Waals surface area contributed by atoms with Crippen molar-refractivity contribution >= 4 is 11.4 Å². The van der Waals surface area contributed by atoms with Gasteiger partial charge in [0.05, 0.1) is 0 Å². The summed E-state index contributed by atoms with van der Waals surface area (Å²) in [4.78, 5) is 5.07. The molecule has 2 aromatic rings. The van der Waals surface area contributed by atoms with Crippen molar-refractivity contribution < 1.29 is 0 Å². The molecule has 2 aliphatic heterocycles. The van der Waals surface area contributed by atoms with Gasteiger partial charge in [0.2, 0.25) is 0 Å². The standard InChI is InChI=1S/C22H24N2/c1(15-11-17-3-4-18(12-15)21(17)23-7-8-23)2-16-13-19-5-6-20(14-16)22(19)24-9-10-24/h11-14H,1-10H2. The Labute approximate surface area is 144 Å². The highest BCUT2D eigenvalue weighted by atomic mass is 15.3. The molecule has 0 atom stereocenters. The largest absolute Gasteiger partial charge is 0.368 e. The number of aryl methyl sites for hydroxylation is 6. The second-order valence-electron chi connectivity index (χ2n) is 8.00. The highest BCUT2D eigenvalue weighted by molar-refractivity contribution is 5.69. The van der Waals surface area contributed by atoms with E-state index in [0.29, 0.717) is 0 Å². The van der Waals surface area contributed by atoms with Crippen molar-refractivity contribution in [1.29, 1.82) is 0 Å². The highest BCUT2D eigenvalue weighted by Gasteiger charge is 2.29. The van der Waals surface area contributed by atoms with Crippen LogP contribution in [0.15, 0.2) is 24.3 Å². The van der Waals surface area contributed by atoms with Crippen molar-refractivity contribution in [2.75, 3.05) is 36.0 Å². The Morgan fingerprint density at radius 1 is 0.542 bits per heavy atom. The predicted molar refractivity (Wildman–Crippen MR) is 99.5 cm³/mol. The molecule has 0 radical (unpaired) electrons. The number of hydrogen-bond donors (Lipinski definition) is 0. The quantitative estimate of drug-likeness (QED) is 0.781. The van der Waals surface area contributed by atoms with Gasteiger partial charge in [-0.2, -0.15) is 0 Å². The third kappa shape index (κ3) is 2.08. The summed E-state index contributed by atoms with van der Waals surface area (Å²) in [6.07, 6.45) is 7.45. The first kappa shape index (κ1) is 13.3. The Morgan fingerprint density at radius 3 is 1.17 bits per heavy atom. The van der Waals surface area contributed by atoms with Gasteiger partial charge < -0.3 is 9.80 Å². The maximum atomic E-state index is 2.54. The fourth-order valence-corrected chi connectivity index (χ4v) is 4.90. The SMILES string of the molecule is c1c(CCc2cc3c(N4CC4)c(c2)CC3)cc2c(N3CC3)c1CC2. The lowest BCUT2D eigenvalue weighted by Crippen LogP contribution is -1.99. The van der Waals surface area contributed by atoms with E-state index in [4.69, 9.17) is 0 Å². The molecule has 0 amide bonds. The van der Waals surface area contributed by atoms with Crippen LogP contribution in [-0.4, -0.2) is 26.2 Å². The molecule has 4 aliphatic rings. The van der Waals surface area contributed by atoms with Gasteiger partial charge in [-0.3, -0.25) is 0 Å². The second-order valence-corrected chi connectivity index (χ2v) is 8.00. The van der Waals surface area contributed by atoms with Crippen LogP contribution in [0.1, 0.15) is 33.4 Å². The molecule has 2 fully saturated rings. The average molecular weight is 316 g/mol. The van der Waals surface area contributed by atoms with Crippen molar-refractivity contribution in [3.8, 4) is 0 Å². The zero-order valence-electron chi connectivity index (χ0n) is 14.3. The van der Waals surface area contributed by atoms with E-state index in [2.05, 4.69) is 34.1 Å². The van der Waals surface area contributed by atoms with Gasteiger partial charge in [-0.05, 0) is 71.9 Å². The van der Waals surface area contributed by atoms with E-state index in [-0.39, 0.29) is 0 Å². The summed E-state index contributed by atoms with van der Waals surface area (Å²) in [7, 11) is 0. The van der Waals surface area contributed by atoms with Crippen LogP contribution in [0.3, 0.4) is 0 Å². The van der Waals surface area contributed by atoms with Crippen LogP contribution in [0.4, 0.5) is 11.4 Å². The fourth-order valence-electron chi connectivity index (χ4n) is 4.90. The molecular formula is C22H24N2. The van der Waals surface area contributed by atoms with Crippen LogP contribution >= 0.6 is 0 Å². The number of fused-ring (bicyclic) bond motifs is 4. The molecule has 6 rings (SSSR count). The van der Waals surface area contributed by atoms with Crippen molar-refractivity contribution in [1.82, 2.24) is 0 Å². The highest BCUT2D eigenvalue weighted by Crippen LogP contribution is 2.39. The van der Waals surface area contributed by atoms with E-state index < -0.39 is 0 Å². The summed E-state index contributed by atoms with van der Waals surface area (Å²) in [6, 6.07) is 9.98. The van der Waals surface area contributed by atoms with Crippen molar-refractivity contribution in [3.63, 3.8) is 0 Å². The molecule has 0 spiro atoms. The third-order valence-electron chi connectivity index (χ3n) is 6.21. The van der Waals surface area contributed by atoms with Gasteiger partial charge in [0.25, 0.3) is 0 Å². The lowest BCUT2D eigenvalue weighted by atomic mass is 9.99. The first-order valence-corrected chi connectivity index (χ1v) is 9.64. The lowest BCUT2D eigenvalue weighted by molar-refractivity contribution is 0.956. The Balaban J connectivity index is 1.23. The van der Waals surface area contributed by atoms with Gasteiger partial charge in [0.15, 0.2) is 0 Å². The molecule has 0 aromatic heterocycles. The molecule has 2 nitrogen and oxygen atoms in total. The number of nitrogens with zero attached hydrogens (tertiary/aromatic N) is 2. The summed E-state index contributed by atoms with van der Waals surface area (Å²) >= 11 is 0. The molecular weight excluding hydrogens is 292 g/mol. The summed E-state index contributed by atoms with van der Waals surface area (Å²) in [5.41, 5.74) is 12.7. The van der Waals surface area contributed by atoms with Crippen LogP contribution in [0.5, 0.6) is 0 Å². The molecule has 0 N–H and O–H groups in total. The molecule has 0 unspecified atom stereocenters.